The van der Waals surface area contributed by atoms with Crippen LogP contribution < -0.4 is 28.4 Å². The molecule has 1 atom stereocenters. The molecule has 0 fully saturated rings. The summed E-state index contributed by atoms with van der Waals surface area (Å²) in [6.45, 7) is 0. The number of sulfonamides is 2. The maximum Gasteiger partial charge on any atom is 0.355 e. The van der Waals surface area contributed by atoms with Gasteiger partial charge in [-0.25, -0.2) is 25.6 Å². The second-order valence-electron chi connectivity index (χ2n) is 9.50. The largest absolute Gasteiger partial charge is 0.481 e. The van der Waals surface area contributed by atoms with Gasteiger partial charge in [0.05, 0.1) is 57.5 Å². The SMILES string of the molecule is COc1cc(OC)nc(C(=O)c2cccc(F)c2NS(=O)(=O)C(F)F)n1.COc1cc(OC)nc(C(O)c2cccc(F)c2NS(=O)(=O)C(F)F)n1. The lowest BCUT2D eigenvalue weighted by Gasteiger charge is -2.17. The van der Waals surface area contributed by atoms with Gasteiger partial charge < -0.3 is 24.1 Å². The minimum absolute atomic E-state index is 0.0111. The van der Waals surface area contributed by atoms with Crippen molar-refractivity contribution in [2.75, 3.05) is 37.9 Å². The number of nitrogens with zero attached hydrogens (tertiary/aromatic N) is 4. The monoisotopic (exact) mass is 784 g/mol. The number of alkyl halides is 4. The predicted octanol–water partition coefficient (Wildman–Crippen LogP) is 3.51. The van der Waals surface area contributed by atoms with Crippen LogP contribution in [0.5, 0.6) is 23.5 Å². The molecule has 0 aliphatic carbocycles. The number of hydrogen-bond acceptors (Lipinski definition) is 14. The highest BCUT2D eigenvalue weighted by Gasteiger charge is 2.30. The van der Waals surface area contributed by atoms with Crippen molar-refractivity contribution in [3.8, 4) is 23.5 Å². The van der Waals surface area contributed by atoms with Crippen molar-refractivity contribution >= 4 is 37.2 Å². The Kier molecular flexibility index (Phi) is 13.5. The van der Waals surface area contributed by atoms with Crippen molar-refractivity contribution in [1.29, 1.82) is 0 Å². The van der Waals surface area contributed by atoms with Crippen molar-refractivity contribution < 1.29 is 72.0 Å². The number of nitrogens with one attached hydrogen (secondary N) is 2. The van der Waals surface area contributed by atoms with Crippen LogP contribution in [0.25, 0.3) is 0 Å². The first kappa shape index (κ1) is 40.9. The van der Waals surface area contributed by atoms with Crippen molar-refractivity contribution in [3.05, 3.63) is 82.9 Å². The first-order valence-electron chi connectivity index (χ1n) is 13.7. The van der Waals surface area contributed by atoms with E-state index in [2.05, 4.69) is 19.9 Å². The third kappa shape index (κ3) is 9.85. The Balaban J connectivity index is 0.000000280. The van der Waals surface area contributed by atoms with Gasteiger partial charge in [-0.2, -0.15) is 37.5 Å². The fraction of sp³-hybridized carbons (Fsp3) is 0.250. The van der Waals surface area contributed by atoms with Crippen LogP contribution in [-0.4, -0.2) is 87.6 Å². The predicted molar refractivity (Wildman–Crippen MR) is 168 cm³/mol. The highest BCUT2D eigenvalue weighted by Crippen LogP contribution is 2.32. The summed E-state index contributed by atoms with van der Waals surface area (Å²) in [6, 6.07) is 8.63. The molecule has 0 amide bonds. The fourth-order valence-corrected chi connectivity index (χ4v) is 4.96. The van der Waals surface area contributed by atoms with E-state index in [-0.39, 0.29) is 34.9 Å². The Hall–Kier alpha value is -5.49. The van der Waals surface area contributed by atoms with E-state index in [1.54, 1.807) is 0 Å². The summed E-state index contributed by atoms with van der Waals surface area (Å²) in [6.07, 6.45) is -1.76. The van der Waals surface area contributed by atoms with Crippen LogP contribution >= 0.6 is 0 Å². The summed E-state index contributed by atoms with van der Waals surface area (Å²) in [5.74, 6) is -11.9. The molecule has 0 radical (unpaired) electrons. The summed E-state index contributed by atoms with van der Waals surface area (Å²) in [4.78, 5) is 27.9. The minimum atomic E-state index is -5.20. The molecule has 3 N–H and O–H groups in total. The Labute approximate surface area is 290 Å². The average Bonchev–Trinajstić information content (AvgIpc) is 3.12. The second-order valence-corrected chi connectivity index (χ2v) is 12.8. The van der Waals surface area contributed by atoms with Gasteiger partial charge in [-0.3, -0.25) is 14.2 Å². The molecule has 0 bridgehead atoms. The molecule has 2 heterocycles. The summed E-state index contributed by atoms with van der Waals surface area (Å²) < 4.78 is 146. The highest BCUT2D eigenvalue weighted by molar-refractivity contribution is 7.93. The quantitative estimate of drug-likeness (QED) is 0.123. The molecule has 2 aromatic carbocycles. The number of para-hydroxylation sites is 2. The van der Waals surface area contributed by atoms with Gasteiger partial charge in [0.1, 0.15) is 17.7 Å². The van der Waals surface area contributed by atoms with Crippen molar-refractivity contribution in [2.24, 2.45) is 0 Å². The molecule has 4 rings (SSSR count). The normalized spacial score (nSPS) is 12.0. The smallest absolute Gasteiger partial charge is 0.355 e. The topological polar surface area (TPSA) is 218 Å². The van der Waals surface area contributed by atoms with E-state index < -0.39 is 77.8 Å². The zero-order valence-corrected chi connectivity index (χ0v) is 28.5. The maximum atomic E-state index is 14.0. The molecule has 0 saturated heterocycles. The molecule has 0 aliphatic rings. The number of benzene rings is 2. The number of carbonyl (C=O) groups is 1. The number of halogens is 6. The molecular formula is C28H26F6N6O10S2. The number of aliphatic hydroxyl groups excluding tert-OH is 1. The molecule has 4 aromatic rings. The number of hydrogen-bond donors (Lipinski definition) is 3. The third-order valence-corrected chi connectivity index (χ3v) is 8.13. The molecule has 282 valence electrons. The van der Waals surface area contributed by atoms with E-state index in [9.17, 15) is 53.1 Å². The van der Waals surface area contributed by atoms with Gasteiger partial charge in [-0.1, -0.05) is 18.2 Å². The Morgan fingerprint density at radius 2 is 1.08 bits per heavy atom. The molecule has 52 heavy (non-hydrogen) atoms. The molecule has 0 saturated carbocycles. The van der Waals surface area contributed by atoms with Crippen LogP contribution in [0, 0.1) is 11.6 Å². The Morgan fingerprint density at radius 3 is 1.52 bits per heavy atom. The van der Waals surface area contributed by atoms with E-state index >= 15 is 0 Å². The molecule has 16 nitrogen and oxygen atoms in total. The standard InChI is InChI=1S/C14H14F3N3O5S.C14H12F3N3O5S/c2*1-24-9-6-10(25-2)19-13(18-9)12(21)7-4-3-5-8(15)11(7)20-26(22,23)14(16)17/h3-6,12,14,20-21H,1-2H3;3-6,14,20H,1-2H3. The number of aromatic nitrogens is 4. The van der Waals surface area contributed by atoms with Crippen molar-refractivity contribution in [2.45, 2.75) is 17.6 Å². The maximum absolute atomic E-state index is 14.0. The minimum Gasteiger partial charge on any atom is -0.481 e. The number of carbonyl (C=O) groups excluding carboxylic acids is 1. The third-order valence-electron chi connectivity index (χ3n) is 6.22. The van der Waals surface area contributed by atoms with E-state index in [1.165, 1.54) is 50.0 Å². The summed E-state index contributed by atoms with van der Waals surface area (Å²) >= 11 is 0. The van der Waals surface area contributed by atoms with Crippen LogP contribution in [0.4, 0.5) is 37.7 Å². The van der Waals surface area contributed by atoms with Crippen LogP contribution in [0.1, 0.15) is 33.7 Å². The fourth-order valence-electron chi connectivity index (χ4n) is 3.79. The Morgan fingerprint density at radius 1 is 0.673 bits per heavy atom. The molecular weight excluding hydrogens is 758 g/mol. The van der Waals surface area contributed by atoms with Crippen LogP contribution in [0.15, 0.2) is 48.5 Å². The average molecular weight is 785 g/mol. The zero-order valence-electron chi connectivity index (χ0n) is 26.8. The number of ketones is 1. The van der Waals surface area contributed by atoms with Gasteiger partial charge in [0.25, 0.3) is 20.0 Å². The van der Waals surface area contributed by atoms with E-state index in [4.69, 9.17) is 18.9 Å². The van der Waals surface area contributed by atoms with Gasteiger partial charge in [0.2, 0.25) is 35.1 Å². The van der Waals surface area contributed by atoms with Gasteiger partial charge >= 0.3 is 11.5 Å². The molecule has 0 spiro atoms. The molecule has 1 unspecified atom stereocenters. The number of anilines is 2. The lowest BCUT2D eigenvalue weighted by atomic mass is 10.1. The molecule has 2 aromatic heterocycles. The number of methoxy groups -OCH3 is 4. The number of rotatable bonds is 14. The van der Waals surface area contributed by atoms with Gasteiger partial charge in [0, 0.05) is 5.56 Å². The first-order valence-corrected chi connectivity index (χ1v) is 16.8. The van der Waals surface area contributed by atoms with Crippen LogP contribution in [0.3, 0.4) is 0 Å². The molecule has 0 aliphatic heterocycles. The van der Waals surface area contributed by atoms with E-state index in [0.717, 1.165) is 36.4 Å². The summed E-state index contributed by atoms with van der Waals surface area (Å²) in [5.41, 5.74) is -2.72. The second kappa shape index (κ2) is 17.1. The number of ether oxygens (including phenoxy) is 4. The number of aliphatic hydroxyl groups is 1. The van der Waals surface area contributed by atoms with Crippen LogP contribution in [0.2, 0.25) is 0 Å². The zero-order chi connectivity index (χ0) is 39.0. The highest BCUT2D eigenvalue weighted by atomic mass is 32.2. The van der Waals surface area contributed by atoms with E-state index in [1.807, 2.05) is 0 Å². The first-order chi connectivity index (χ1) is 24.4. The van der Waals surface area contributed by atoms with Gasteiger partial charge in [0.15, 0.2) is 5.82 Å². The summed E-state index contributed by atoms with van der Waals surface area (Å²) in [7, 11) is -5.25. The summed E-state index contributed by atoms with van der Waals surface area (Å²) in [5, 5.41) is 10.4. The lowest BCUT2D eigenvalue weighted by Crippen LogP contribution is -2.23. The van der Waals surface area contributed by atoms with Crippen LogP contribution in [-0.2, 0) is 20.0 Å². The Bertz CT molecular complexity index is 2090. The lowest BCUT2D eigenvalue weighted by molar-refractivity contribution is 0.102. The van der Waals surface area contributed by atoms with Crippen molar-refractivity contribution in [1.82, 2.24) is 19.9 Å². The van der Waals surface area contributed by atoms with Gasteiger partial charge in [-0.15, -0.1) is 0 Å². The van der Waals surface area contributed by atoms with Gasteiger partial charge in [-0.05, 0) is 18.2 Å². The molecule has 24 heteroatoms. The van der Waals surface area contributed by atoms with E-state index in [0.29, 0.717) is 0 Å². The van der Waals surface area contributed by atoms with Crippen molar-refractivity contribution in [3.63, 3.8) is 0 Å².